The molecule has 2 aliphatic rings. The second-order valence-corrected chi connectivity index (χ2v) is 7.85. The summed E-state index contributed by atoms with van der Waals surface area (Å²) in [5.41, 5.74) is 2.84. The van der Waals surface area contributed by atoms with Gasteiger partial charge in [0, 0.05) is 18.9 Å². The van der Waals surface area contributed by atoms with Crippen molar-refractivity contribution < 1.29 is 9.53 Å². The molecule has 2 aliphatic heterocycles. The van der Waals surface area contributed by atoms with Crippen LogP contribution in [0.1, 0.15) is 23.5 Å². The lowest BCUT2D eigenvalue weighted by Gasteiger charge is -2.41. The molecule has 0 N–H and O–H groups in total. The number of benzene rings is 2. The number of hydrogen-bond acceptors (Lipinski definition) is 5. The van der Waals surface area contributed by atoms with E-state index >= 15 is 0 Å². The van der Waals surface area contributed by atoms with Gasteiger partial charge in [0.05, 0.1) is 36.3 Å². The first kappa shape index (κ1) is 18.6. The number of carbonyl (C=O) groups is 1. The van der Waals surface area contributed by atoms with Gasteiger partial charge in [0.15, 0.2) is 0 Å². The van der Waals surface area contributed by atoms with E-state index in [1.54, 1.807) is 23.8 Å². The third-order valence-corrected chi connectivity index (χ3v) is 6.30. The first-order valence-electron chi connectivity index (χ1n) is 9.17. The number of ether oxygens (including phenoxy) is 1. The molecule has 4 rings (SSSR count). The molecule has 0 radical (unpaired) electrons. The quantitative estimate of drug-likeness (QED) is 0.791. The Balaban J connectivity index is 1.60. The smallest absolute Gasteiger partial charge is 0.229 e. The summed E-state index contributed by atoms with van der Waals surface area (Å²) >= 11 is 1.58. The fourth-order valence-corrected chi connectivity index (χ4v) is 4.83. The van der Waals surface area contributed by atoms with Crippen molar-refractivity contribution in [1.29, 1.82) is 5.26 Å². The summed E-state index contributed by atoms with van der Waals surface area (Å²) in [6.45, 7) is 1.30. The molecule has 6 heteroatoms. The molecular formula is C22H21N3O2S. The van der Waals surface area contributed by atoms with E-state index in [1.165, 1.54) is 5.56 Å². The zero-order valence-corrected chi connectivity index (χ0v) is 16.5. The van der Waals surface area contributed by atoms with Crippen molar-refractivity contribution in [2.75, 3.05) is 19.7 Å². The molecule has 2 heterocycles. The standard InChI is InChI=1S/C22H21N3O2S/c1-27-18-9-5-8-17(10-18)19-11-21(26)25-14-24(13-16-6-3-2-4-7-16)15-28-22(25)20(19)12-23/h2-10,19H,11,13-15H2,1H3/t19-/m0/s1. The van der Waals surface area contributed by atoms with Gasteiger partial charge < -0.3 is 4.74 Å². The molecule has 0 aliphatic carbocycles. The maximum atomic E-state index is 12.9. The number of nitrogens with zero attached hydrogens (tertiary/aromatic N) is 3. The molecule has 0 spiro atoms. The van der Waals surface area contributed by atoms with Crippen LogP contribution in [0.5, 0.6) is 5.75 Å². The van der Waals surface area contributed by atoms with Crippen molar-refractivity contribution in [3.05, 3.63) is 76.3 Å². The van der Waals surface area contributed by atoms with Gasteiger partial charge in [-0.15, -0.1) is 0 Å². The fraction of sp³-hybridized carbons (Fsp3) is 0.273. The van der Waals surface area contributed by atoms with E-state index in [1.807, 2.05) is 42.5 Å². The summed E-state index contributed by atoms with van der Waals surface area (Å²) in [6.07, 6.45) is 0.305. The first-order chi connectivity index (χ1) is 13.7. The highest BCUT2D eigenvalue weighted by atomic mass is 32.2. The zero-order valence-electron chi connectivity index (χ0n) is 15.7. The molecule has 5 nitrogen and oxygen atoms in total. The number of hydrogen-bond donors (Lipinski definition) is 0. The Hall–Kier alpha value is -2.75. The Labute approximate surface area is 169 Å². The van der Waals surface area contributed by atoms with E-state index in [0.717, 1.165) is 28.8 Å². The number of carbonyl (C=O) groups excluding carboxylic acids is 1. The van der Waals surface area contributed by atoms with Crippen LogP contribution in [0.4, 0.5) is 0 Å². The maximum Gasteiger partial charge on any atom is 0.229 e. The number of fused-ring (bicyclic) bond motifs is 1. The van der Waals surface area contributed by atoms with E-state index in [9.17, 15) is 10.1 Å². The van der Waals surface area contributed by atoms with Crippen LogP contribution in [0, 0.1) is 11.3 Å². The van der Waals surface area contributed by atoms with Gasteiger partial charge in [-0.2, -0.15) is 5.26 Å². The molecule has 1 atom stereocenters. The lowest BCUT2D eigenvalue weighted by atomic mass is 9.86. The summed E-state index contributed by atoms with van der Waals surface area (Å²) < 4.78 is 5.31. The molecule has 1 fully saturated rings. The minimum absolute atomic E-state index is 0.0621. The van der Waals surface area contributed by atoms with Crippen molar-refractivity contribution in [2.24, 2.45) is 0 Å². The Bertz CT molecular complexity index is 952. The average molecular weight is 391 g/mol. The molecule has 0 saturated carbocycles. The fourth-order valence-electron chi connectivity index (χ4n) is 3.69. The van der Waals surface area contributed by atoms with Gasteiger partial charge in [-0.3, -0.25) is 14.6 Å². The highest BCUT2D eigenvalue weighted by molar-refractivity contribution is 8.03. The molecule has 0 aromatic heterocycles. The van der Waals surface area contributed by atoms with Crippen LogP contribution in [-0.4, -0.2) is 35.4 Å². The summed E-state index contributed by atoms with van der Waals surface area (Å²) in [7, 11) is 1.62. The number of thioether (sulfide) groups is 1. The van der Waals surface area contributed by atoms with E-state index in [2.05, 4.69) is 23.1 Å². The van der Waals surface area contributed by atoms with Gasteiger partial charge in [-0.05, 0) is 23.3 Å². The molecule has 1 amide bonds. The second kappa shape index (κ2) is 8.09. The summed E-state index contributed by atoms with van der Waals surface area (Å²) in [4.78, 5) is 16.9. The first-order valence-corrected chi connectivity index (χ1v) is 10.2. The molecule has 0 bridgehead atoms. The van der Waals surface area contributed by atoms with Crippen LogP contribution in [0.3, 0.4) is 0 Å². The van der Waals surface area contributed by atoms with Crippen molar-refractivity contribution >= 4 is 17.7 Å². The van der Waals surface area contributed by atoms with E-state index < -0.39 is 0 Å². The summed E-state index contributed by atoms with van der Waals surface area (Å²) in [6, 6.07) is 20.3. The number of nitriles is 1. The number of allylic oxidation sites excluding steroid dienone is 1. The number of methoxy groups -OCH3 is 1. The van der Waals surface area contributed by atoms with Crippen LogP contribution in [0.25, 0.3) is 0 Å². The number of rotatable bonds is 4. The van der Waals surface area contributed by atoms with Crippen LogP contribution in [0.15, 0.2) is 65.2 Å². The monoisotopic (exact) mass is 391 g/mol. The van der Waals surface area contributed by atoms with Crippen LogP contribution in [0.2, 0.25) is 0 Å². The third-order valence-electron chi connectivity index (χ3n) is 5.09. The average Bonchev–Trinajstić information content (AvgIpc) is 2.74. The third kappa shape index (κ3) is 3.64. The molecule has 28 heavy (non-hydrogen) atoms. The molecule has 0 unspecified atom stereocenters. The van der Waals surface area contributed by atoms with E-state index in [0.29, 0.717) is 18.7 Å². The van der Waals surface area contributed by atoms with Crippen molar-refractivity contribution in [3.63, 3.8) is 0 Å². The Morgan fingerprint density at radius 1 is 1.21 bits per heavy atom. The van der Waals surface area contributed by atoms with Gasteiger partial charge >= 0.3 is 0 Å². The maximum absolute atomic E-state index is 12.9. The predicted octanol–water partition coefficient (Wildman–Crippen LogP) is 3.91. The largest absolute Gasteiger partial charge is 0.497 e. The summed E-state index contributed by atoms with van der Waals surface area (Å²) in [5, 5.41) is 10.7. The van der Waals surface area contributed by atoms with Gasteiger partial charge in [0.1, 0.15) is 5.75 Å². The summed E-state index contributed by atoms with van der Waals surface area (Å²) in [5.74, 6) is 1.34. The number of amides is 1. The van der Waals surface area contributed by atoms with Crippen molar-refractivity contribution in [2.45, 2.75) is 18.9 Å². The van der Waals surface area contributed by atoms with E-state index in [-0.39, 0.29) is 11.8 Å². The topological polar surface area (TPSA) is 56.6 Å². The minimum atomic E-state index is -0.216. The normalized spacial score (nSPS) is 19.9. The highest BCUT2D eigenvalue weighted by Gasteiger charge is 2.38. The van der Waals surface area contributed by atoms with Gasteiger partial charge in [-0.25, -0.2) is 0 Å². The Morgan fingerprint density at radius 2 is 2.04 bits per heavy atom. The lowest BCUT2D eigenvalue weighted by Crippen LogP contribution is -2.46. The lowest BCUT2D eigenvalue weighted by molar-refractivity contribution is -0.131. The predicted molar refractivity (Wildman–Crippen MR) is 109 cm³/mol. The van der Waals surface area contributed by atoms with Crippen molar-refractivity contribution in [3.8, 4) is 11.8 Å². The van der Waals surface area contributed by atoms with Gasteiger partial charge in [-0.1, -0.05) is 54.2 Å². The Kier molecular flexibility index (Phi) is 5.38. The van der Waals surface area contributed by atoms with Crippen LogP contribution < -0.4 is 4.74 Å². The van der Waals surface area contributed by atoms with Gasteiger partial charge in [0.25, 0.3) is 0 Å². The molecular weight excluding hydrogens is 370 g/mol. The SMILES string of the molecule is COc1cccc([C@@H]2CC(=O)N3CN(Cc4ccccc4)CSC3=C2C#N)c1. The zero-order chi connectivity index (χ0) is 19.5. The van der Waals surface area contributed by atoms with Crippen LogP contribution >= 0.6 is 11.8 Å². The molecule has 142 valence electrons. The molecule has 1 saturated heterocycles. The molecule has 2 aromatic carbocycles. The van der Waals surface area contributed by atoms with Crippen LogP contribution in [-0.2, 0) is 11.3 Å². The minimum Gasteiger partial charge on any atom is -0.497 e. The highest BCUT2D eigenvalue weighted by Crippen LogP contribution is 2.43. The van der Waals surface area contributed by atoms with E-state index in [4.69, 9.17) is 4.74 Å². The van der Waals surface area contributed by atoms with Gasteiger partial charge in [0.2, 0.25) is 5.91 Å². The molecule has 2 aromatic rings. The second-order valence-electron chi connectivity index (χ2n) is 6.92. The van der Waals surface area contributed by atoms with Crippen molar-refractivity contribution in [1.82, 2.24) is 9.80 Å². The Morgan fingerprint density at radius 3 is 2.79 bits per heavy atom.